The number of benzene rings is 2. The van der Waals surface area contributed by atoms with Gasteiger partial charge in [-0.1, -0.05) is 24.3 Å². The van der Waals surface area contributed by atoms with E-state index in [-0.39, 0.29) is 23.4 Å². The summed E-state index contributed by atoms with van der Waals surface area (Å²) in [7, 11) is 0. The number of amides is 2. The van der Waals surface area contributed by atoms with E-state index >= 15 is 0 Å². The number of rotatable bonds is 5. The molecule has 0 bridgehead atoms. The molecule has 2 aliphatic heterocycles. The van der Waals surface area contributed by atoms with E-state index < -0.39 is 52.3 Å². The molecule has 3 aromatic rings. The van der Waals surface area contributed by atoms with Crippen LogP contribution in [0.2, 0.25) is 0 Å². The minimum absolute atomic E-state index is 0.106. The van der Waals surface area contributed by atoms with Crippen molar-refractivity contribution in [1.29, 1.82) is 5.26 Å². The first-order valence-electron chi connectivity index (χ1n) is 13.2. The third-order valence-corrected chi connectivity index (χ3v) is 7.73. The number of aliphatic hydroxyl groups excluding tert-OH is 1. The van der Waals surface area contributed by atoms with Crippen LogP contribution in [0.15, 0.2) is 72.1 Å². The molecule has 0 spiro atoms. The van der Waals surface area contributed by atoms with Crippen LogP contribution < -0.4 is 5.32 Å². The van der Waals surface area contributed by atoms with Gasteiger partial charge in [0.1, 0.15) is 17.0 Å². The first-order chi connectivity index (χ1) is 20.6. The van der Waals surface area contributed by atoms with Crippen molar-refractivity contribution in [2.24, 2.45) is 0 Å². The second-order valence-electron chi connectivity index (χ2n) is 10.5. The van der Waals surface area contributed by atoms with Crippen LogP contribution in [-0.4, -0.2) is 44.0 Å². The van der Waals surface area contributed by atoms with Crippen LogP contribution in [0.25, 0.3) is 11.1 Å². The molecule has 1 saturated heterocycles. The van der Waals surface area contributed by atoms with Gasteiger partial charge in [-0.3, -0.25) is 19.6 Å². The second-order valence-corrected chi connectivity index (χ2v) is 10.5. The van der Waals surface area contributed by atoms with E-state index in [0.29, 0.717) is 48.7 Å². The van der Waals surface area contributed by atoms with Crippen LogP contribution >= 0.6 is 0 Å². The van der Waals surface area contributed by atoms with E-state index in [1.54, 1.807) is 36.2 Å². The maximum Gasteiger partial charge on any atom is 0.433 e. The van der Waals surface area contributed by atoms with Crippen molar-refractivity contribution in [3.8, 4) is 17.2 Å². The number of alkyl halides is 6. The number of pyridine rings is 1. The number of nitrogens with one attached hydrogen (secondary N) is 1. The number of fused-ring (bicyclic) bond motifs is 1. The Morgan fingerprint density at radius 1 is 1.09 bits per heavy atom. The number of anilines is 1. The van der Waals surface area contributed by atoms with Gasteiger partial charge in [-0.15, -0.1) is 0 Å². The lowest BCUT2D eigenvalue weighted by atomic mass is 9.90. The zero-order chi connectivity index (χ0) is 32.0. The van der Waals surface area contributed by atoms with Gasteiger partial charge in [0.2, 0.25) is 0 Å². The maximum atomic E-state index is 13.8. The monoisotopic (exact) mass is 615 g/mol. The van der Waals surface area contributed by atoms with Gasteiger partial charge in [0.15, 0.2) is 0 Å². The molecule has 2 amide bonds. The summed E-state index contributed by atoms with van der Waals surface area (Å²) < 4.78 is 79.9. The smallest absolute Gasteiger partial charge is 0.433 e. The lowest BCUT2D eigenvalue weighted by molar-refractivity contribution is -0.160. The zero-order valence-corrected chi connectivity index (χ0v) is 22.9. The number of carbonyl (C=O) groups excluding carboxylic acids is 2. The van der Waals surface area contributed by atoms with Gasteiger partial charge in [-0.05, 0) is 55.7 Å². The Labute approximate surface area is 246 Å². The van der Waals surface area contributed by atoms with E-state index in [2.05, 4.69) is 10.3 Å². The predicted molar refractivity (Wildman–Crippen MR) is 144 cm³/mol. The lowest BCUT2D eigenvalue weighted by Crippen LogP contribution is -2.60. The Morgan fingerprint density at radius 2 is 1.82 bits per heavy atom. The third-order valence-electron chi connectivity index (χ3n) is 7.73. The Hall–Kier alpha value is -4.90. The molecular formula is C30H23F6N5O3. The van der Waals surface area contributed by atoms with Crippen molar-refractivity contribution in [2.75, 3.05) is 11.9 Å². The molecule has 2 N–H and O–H groups in total. The van der Waals surface area contributed by atoms with E-state index in [0.717, 1.165) is 18.3 Å². The molecule has 1 fully saturated rings. The standard InChI is InChI=1S/C30H23F6N5O3/c1-28-11-4-12-41(28)40(16-19-6-3-2-5-17(19)14-37)27(44)24(25(28)42)26(43)39-22-9-8-20(29(31,32)33)13-21(22)18-7-10-23(38-15-18)30(34,35)36/h2-3,5-10,13,15,42H,4,11-12,16H2,1H3,(H,39,43)/t28-/m1/s1. The maximum absolute atomic E-state index is 13.8. The predicted octanol–water partition coefficient (Wildman–Crippen LogP) is 6.22. The van der Waals surface area contributed by atoms with Gasteiger partial charge < -0.3 is 10.4 Å². The van der Waals surface area contributed by atoms with Crippen molar-refractivity contribution < 1.29 is 41.0 Å². The average Bonchev–Trinajstić information content (AvgIpc) is 3.37. The first-order valence-corrected chi connectivity index (χ1v) is 13.2. The molecule has 0 aliphatic carbocycles. The second kappa shape index (κ2) is 11.0. The highest BCUT2D eigenvalue weighted by Crippen LogP contribution is 2.43. The van der Waals surface area contributed by atoms with Gasteiger partial charge >= 0.3 is 12.4 Å². The fourth-order valence-electron chi connectivity index (χ4n) is 5.45. The summed E-state index contributed by atoms with van der Waals surface area (Å²) in [4.78, 5) is 30.7. The molecule has 44 heavy (non-hydrogen) atoms. The highest BCUT2D eigenvalue weighted by Gasteiger charge is 2.52. The molecular weight excluding hydrogens is 592 g/mol. The number of hydrogen-bond donors (Lipinski definition) is 2. The van der Waals surface area contributed by atoms with Gasteiger partial charge in [0.25, 0.3) is 11.8 Å². The van der Waals surface area contributed by atoms with Crippen molar-refractivity contribution in [3.63, 3.8) is 0 Å². The number of hydrazine groups is 1. The topological polar surface area (TPSA) is 110 Å². The quantitative estimate of drug-likeness (QED) is 0.261. The van der Waals surface area contributed by atoms with Crippen LogP contribution in [0, 0.1) is 11.3 Å². The molecule has 1 atom stereocenters. The Bertz CT molecular complexity index is 1710. The minimum atomic E-state index is -4.82. The van der Waals surface area contributed by atoms with Crippen molar-refractivity contribution in [1.82, 2.24) is 15.0 Å². The van der Waals surface area contributed by atoms with Crippen molar-refractivity contribution in [2.45, 2.75) is 44.2 Å². The van der Waals surface area contributed by atoms with E-state index in [1.807, 2.05) is 6.07 Å². The molecule has 0 radical (unpaired) electrons. The fraction of sp³-hybridized carbons (Fsp3) is 0.267. The van der Waals surface area contributed by atoms with Crippen LogP contribution in [0.5, 0.6) is 0 Å². The zero-order valence-electron chi connectivity index (χ0n) is 22.9. The van der Waals surface area contributed by atoms with Crippen LogP contribution in [0.3, 0.4) is 0 Å². The van der Waals surface area contributed by atoms with Crippen LogP contribution in [-0.2, 0) is 28.5 Å². The highest BCUT2D eigenvalue weighted by molar-refractivity contribution is 6.24. The normalized spacial score (nSPS) is 19.1. The summed E-state index contributed by atoms with van der Waals surface area (Å²) in [5.74, 6) is -2.58. The summed E-state index contributed by atoms with van der Waals surface area (Å²) in [5, 5.41) is 26.0. The Kier molecular flexibility index (Phi) is 7.63. The molecule has 8 nitrogen and oxygen atoms in total. The average molecular weight is 616 g/mol. The Morgan fingerprint density at radius 3 is 2.45 bits per heavy atom. The number of hydrogen-bond acceptors (Lipinski definition) is 6. The fourth-order valence-corrected chi connectivity index (χ4v) is 5.45. The SMILES string of the molecule is C[C@]12CCCN1N(Cc1ccccc1C#N)C(=O)C(C(=O)Nc1ccc(C(F)(F)F)cc1-c1ccc(C(F)(F)F)nc1)=C2O. The summed E-state index contributed by atoms with van der Waals surface area (Å²) in [5.41, 5.74) is -4.21. The summed E-state index contributed by atoms with van der Waals surface area (Å²) >= 11 is 0. The lowest BCUT2D eigenvalue weighted by Gasteiger charge is -2.46. The summed E-state index contributed by atoms with van der Waals surface area (Å²) in [6, 6.07) is 12.3. The number of nitrogens with zero attached hydrogens (tertiary/aromatic N) is 4. The van der Waals surface area contributed by atoms with Gasteiger partial charge in [-0.25, -0.2) is 5.01 Å². The molecule has 1 aromatic heterocycles. The Balaban J connectivity index is 1.55. The van der Waals surface area contributed by atoms with Gasteiger partial charge in [-0.2, -0.15) is 31.6 Å². The minimum Gasteiger partial charge on any atom is -0.509 e. The molecule has 0 unspecified atom stereocenters. The molecule has 228 valence electrons. The number of aromatic nitrogens is 1. The molecule has 14 heteroatoms. The molecule has 2 aliphatic rings. The van der Waals surface area contributed by atoms with Gasteiger partial charge in [0.05, 0.1) is 29.3 Å². The van der Waals surface area contributed by atoms with Crippen molar-refractivity contribution >= 4 is 17.5 Å². The van der Waals surface area contributed by atoms with Crippen molar-refractivity contribution in [3.05, 3.63) is 94.5 Å². The largest absolute Gasteiger partial charge is 0.509 e. The highest BCUT2D eigenvalue weighted by atomic mass is 19.4. The van der Waals surface area contributed by atoms with Gasteiger partial charge in [0, 0.05) is 29.6 Å². The molecule has 3 heterocycles. The van der Waals surface area contributed by atoms with E-state index in [4.69, 9.17) is 0 Å². The van der Waals surface area contributed by atoms with E-state index in [1.165, 1.54) is 5.01 Å². The summed E-state index contributed by atoms with van der Waals surface area (Å²) in [6.07, 6.45) is -7.97. The first kappa shape index (κ1) is 30.6. The number of halogens is 6. The molecule has 2 aromatic carbocycles. The number of carbonyl (C=O) groups is 2. The third kappa shape index (κ3) is 5.46. The van der Waals surface area contributed by atoms with Crippen LogP contribution in [0.4, 0.5) is 32.0 Å². The molecule has 0 saturated carbocycles. The number of aliphatic hydroxyl groups is 1. The summed E-state index contributed by atoms with van der Waals surface area (Å²) in [6.45, 7) is 1.89. The molecule has 5 rings (SSSR count). The van der Waals surface area contributed by atoms with E-state index in [9.17, 15) is 46.3 Å². The number of nitriles is 1. The van der Waals surface area contributed by atoms with Crippen LogP contribution in [0.1, 0.15) is 42.1 Å².